The Morgan fingerprint density at radius 3 is 2.92 bits per heavy atom. The van der Waals surface area contributed by atoms with Crippen molar-refractivity contribution < 1.29 is 4.79 Å². The Morgan fingerprint density at radius 1 is 1.42 bits per heavy atom. The van der Waals surface area contributed by atoms with Crippen molar-refractivity contribution in [3.05, 3.63) is 30.3 Å². The topological polar surface area (TPSA) is 20.3 Å². The quantitative estimate of drug-likeness (QED) is 0.574. The van der Waals surface area contributed by atoms with Gasteiger partial charge in [-0.15, -0.1) is 0 Å². The lowest BCUT2D eigenvalue weighted by atomic mass is 10.1. The molecule has 0 N–H and O–H groups in total. The Morgan fingerprint density at radius 2 is 2.33 bits per heavy atom. The zero-order valence-electron chi connectivity index (χ0n) is 6.99. The van der Waals surface area contributed by atoms with E-state index < -0.39 is 0 Å². The molecule has 0 spiro atoms. The van der Waals surface area contributed by atoms with Gasteiger partial charge in [0.15, 0.2) is 0 Å². The van der Waals surface area contributed by atoms with Gasteiger partial charge in [-0.1, -0.05) is 12.2 Å². The summed E-state index contributed by atoms with van der Waals surface area (Å²) in [4.78, 5) is 13.2. The number of hydrogen-bond acceptors (Lipinski definition) is 1. The van der Waals surface area contributed by atoms with Crippen LogP contribution in [0.15, 0.2) is 23.9 Å². The molecular formula is C10H12NO. The van der Waals surface area contributed by atoms with Crippen LogP contribution in [0.5, 0.6) is 0 Å². The summed E-state index contributed by atoms with van der Waals surface area (Å²) in [6.07, 6.45) is 10.9. The van der Waals surface area contributed by atoms with E-state index in [1.165, 1.54) is 0 Å². The monoisotopic (exact) mass is 162 g/mol. The molecule has 1 amide bonds. The summed E-state index contributed by atoms with van der Waals surface area (Å²) in [6.45, 7) is 0.898. The first kappa shape index (κ1) is 7.59. The molecular weight excluding hydrogens is 150 g/mol. The van der Waals surface area contributed by atoms with Crippen molar-refractivity contribution in [2.45, 2.75) is 19.3 Å². The molecule has 63 valence electrons. The van der Waals surface area contributed by atoms with Crippen molar-refractivity contribution in [1.82, 2.24) is 4.90 Å². The Bertz CT molecular complexity index is 253. The normalized spacial score (nSPS) is 23.2. The summed E-state index contributed by atoms with van der Waals surface area (Å²) in [5.41, 5.74) is 1.08. The maximum atomic E-state index is 11.3. The third-order valence-electron chi connectivity index (χ3n) is 2.25. The first-order valence-corrected chi connectivity index (χ1v) is 4.38. The largest absolute Gasteiger partial charge is 0.313 e. The second-order valence-corrected chi connectivity index (χ2v) is 3.11. The molecule has 12 heavy (non-hydrogen) atoms. The highest BCUT2D eigenvalue weighted by Gasteiger charge is 2.22. The molecule has 2 heteroatoms. The van der Waals surface area contributed by atoms with Crippen LogP contribution in [-0.2, 0) is 4.79 Å². The van der Waals surface area contributed by atoms with Crippen LogP contribution in [0.25, 0.3) is 0 Å². The molecule has 0 unspecified atom stereocenters. The van der Waals surface area contributed by atoms with Gasteiger partial charge in [0.25, 0.3) is 0 Å². The van der Waals surface area contributed by atoms with E-state index in [2.05, 4.69) is 12.5 Å². The highest BCUT2D eigenvalue weighted by molar-refractivity contribution is 5.80. The van der Waals surface area contributed by atoms with Gasteiger partial charge in [0.2, 0.25) is 5.91 Å². The molecule has 0 saturated carbocycles. The van der Waals surface area contributed by atoms with E-state index in [0.717, 1.165) is 31.5 Å². The van der Waals surface area contributed by atoms with Gasteiger partial charge in [0.1, 0.15) is 0 Å². The number of carbonyl (C=O) groups excluding carboxylic acids is 1. The molecule has 0 aromatic heterocycles. The summed E-state index contributed by atoms with van der Waals surface area (Å²) in [7, 11) is 0. The smallest absolute Gasteiger partial charge is 0.227 e. The zero-order chi connectivity index (χ0) is 8.39. The van der Waals surface area contributed by atoms with Crippen molar-refractivity contribution in [3.8, 4) is 0 Å². The molecule has 1 heterocycles. The van der Waals surface area contributed by atoms with Gasteiger partial charge in [0.05, 0.1) is 0 Å². The number of likely N-dealkylation sites (tertiary alicyclic amines) is 1. The molecule has 0 bridgehead atoms. The second kappa shape index (κ2) is 3.13. The Balaban J connectivity index is 2.13. The Labute approximate surface area is 72.6 Å². The van der Waals surface area contributed by atoms with Crippen LogP contribution in [0.1, 0.15) is 19.3 Å². The van der Waals surface area contributed by atoms with Gasteiger partial charge in [0, 0.05) is 18.7 Å². The molecule has 2 rings (SSSR count). The molecule has 1 aliphatic carbocycles. The fourth-order valence-corrected chi connectivity index (χ4v) is 1.62. The molecule has 1 saturated heterocycles. The van der Waals surface area contributed by atoms with Crippen molar-refractivity contribution in [2.75, 3.05) is 6.54 Å². The number of nitrogens with zero attached hydrogens (tertiary/aromatic N) is 1. The first-order valence-electron chi connectivity index (χ1n) is 4.38. The molecule has 2 aliphatic rings. The summed E-state index contributed by atoms with van der Waals surface area (Å²) in [6, 6.07) is 0. The lowest BCUT2D eigenvalue weighted by molar-refractivity contribution is -0.125. The van der Waals surface area contributed by atoms with E-state index in [9.17, 15) is 4.79 Å². The van der Waals surface area contributed by atoms with Crippen LogP contribution in [0.4, 0.5) is 0 Å². The summed E-state index contributed by atoms with van der Waals surface area (Å²) < 4.78 is 0. The van der Waals surface area contributed by atoms with Crippen LogP contribution in [0.3, 0.4) is 0 Å². The summed E-state index contributed by atoms with van der Waals surface area (Å²) >= 11 is 0. The molecule has 0 aromatic carbocycles. The number of carbonyl (C=O) groups is 1. The number of rotatable bonds is 1. The lowest BCUT2D eigenvalue weighted by Gasteiger charge is -2.18. The predicted octanol–water partition coefficient (Wildman–Crippen LogP) is 1.66. The van der Waals surface area contributed by atoms with Crippen molar-refractivity contribution in [3.63, 3.8) is 0 Å². The van der Waals surface area contributed by atoms with Gasteiger partial charge in [-0.2, -0.15) is 0 Å². The van der Waals surface area contributed by atoms with Crippen molar-refractivity contribution in [2.24, 2.45) is 0 Å². The van der Waals surface area contributed by atoms with E-state index in [4.69, 9.17) is 0 Å². The van der Waals surface area contributed by atoms with Crippen LogP contribution in [0, 0.1) is 6.42 Å². The molecule has 0 aromatic rings. The minimum atomic E-state index is 0.271. The van der Waals surface area contributed by atoms with Crippen molar-refractivity contribution >= 4 is 5.91 Å². The van der Waals surface area contributed by atoms with Crippen LogP contribution in [-0.4, -0.2) is 17.4 Å². The van der Waals surface area contributed by atoms with Gasteiger partial charge in [-0.05, 0) is 25.3 Å². The van der Waals surface area contributed by atoms with E-state index >= 15 is 0 Å². The average molecular weight is 162 g/mol. The van der Waals surface area contributed by atoms with Gasteiger partial charge in [-0.3, -0.25) is 4.79 Å². The minimum Gasteiger partial charge on any atom is -0.313 e. The first-order chi connectivity index (χ1) is 5.88. The standard InChI is InChI=1S/C10H12NO/c12-10-7-4-8-11(10)9-5-2-1-3-6-9/h1-2,5-6H,3-4,7-8H2. The third-order valence-corrected chi connectivity index (χ3v) is 2.25. The predicted molar refractivity (Wildman–Crippen MR) is 47.1 cm³/mol. The van der Waals surface area contributed by atoms with E-state index in [1.807, 2.05) is 17.1 Å². The fourth-order valence-electron chi connectivity index (χ4n) is 1.62. The highest BCUT2D eigenvalue weighted by Crippen LogP contribution is 2.20. The highest BCUT2D eigenvalue weighted by atomic mass is 16.2. The molecule has 1 radical (unpaired) electrons. The number of amides is 1. The van der Waals surface area contributed by atoms with Crippen molar-refractivity contribution in [1.29, 1.82) is 0 Å². The Kier molecular flexibility index (Phi) is 1.98. The average Bonchev–Trinajstić information content (AvgIpc) is 2.53. The SMILES string of the molecule is O=C1CCCN1C1=CC[CH]C=C1. The van der Waals surface area contributed by atoms with E-state index in [1.54, 1.807) is 0 Å². The number of hydrogen-bond donors (Lipinski definition) is 0. The van der Waals surface area contributed by atoms with Gasteiger partial charge >= 0.3 is 0 Å². The van der Waals surface area contributed by atoms with E-state index in [-0.39, 0.29) is 5.91 Å². The summed E-state index contributed by atoms with van der Waals surface area (Å²) in [5, 5.41) is 0. The molecule has 1 aliphatic heterocycles. The third kappa shape index (κ3) is 1.29. The zero-order valence-corrected chi connectivity index (χ0v) is 6.99. The maximum Gasteiger partial charge on any atom is 0.227 e. The van der Waals surface area contributed by atoms with Crippen LogP contribution in [0.2, 0.25) is 0 Å². The van der Waals surface area contributed by atoms with Crippen LogP contribution < -0.4 is 0 Å². The molecule has 0 atom stereocenters. The Hall–Kier alpha value is -1.05. The fraction of sp³-hybridized carbons (Fsp3) is 0.400. The number of allylic oxidation sites excluding steroid dienone is 3. The second-order valence-electron chi connectivity index (χ2n) is 3.11. The molecule has 1 fully saturated rings. The molecule has 2 nitrogen and oxygen atoms in total. The van der Waals surface area contributed by atoms with E-state index in [0.29, 0.717) is 0 Å². The summed E-state index contributed by atoms with van der Waals surface area (Å²) in [5.74, 6) is 0.271. The minimum absolute atomic E-state index is 0.271. The lowest BCUT2D eigenvalue weighted by Crippen LogP contribution is -2.23. The van der Waals surface area contributed by atoms with Gasteiger partial charge in [-0.25, -0.2) is 0 Å². The van der Waals surface area contributed by atoms with Gasteiger partial charge < -0.3 is 4.90 Å². The van der Waals surface area contributed by atoms with Crippen LogP contribution >= 0.6 is 0 Å². The maximum absolute atomic E-state index is 11.3.